The number of fused-ring (bicyclic) bond motifs is 1. The van der Waals surface area contributed by atoms with Gasteiger partial charge in [0.2, 0.25) is 0 Å². The van der Waals surface area contributed by atoms with Crippen LogP contribution in [0.15, 0.2) is 18.2 Å². The Labute approximate surface area is 113 Å². The summed E-state index contributed by atoms with van der Waals surface area (Å²) in [4.78, 5) is 19.9. The van der Waals surface area contributed by atoms with Gasteiger partial charge in [0.15, 0.2) is 0 Å². The van der Waals surface area contributed by atoms with Crippen molar-refractivity contribution in [2.24, 2.45) is 5.92 Å². The van der Waals surface area contributed by atoms with Crippen LogP contribution in [0.1, 0.15) is 36.5 Å². The second-order valence-electron chi connectivity index (χ2n) is 5.07. The fraction of sp³-hybridized carbons (Fsp3) is 0.400. The molecule has 0 fully saturated rings. The highest BCUT2D eigenvalue weighted by molar-refractivity contribution is 5.93. The van der Waals surface area contributed by atoms with E-state index in [2.05, 4.69) is 29.1 Å². The maximum absolute atomic E-state index is 10.8. The summed E-state index contributed by atoms with van der Waals surface area (Å²) in [7, 11) is 1.83. The van der Waals surface area contributed by atoms with Gasteiger partial charge in [-0.3, -0.25) is 4.79 Å². The Bertz CT molecular complexity index is 593. The van der Waals surface area contributed by atoms with Crippen LogP contribution >= 0.6 is 0 Å². The van der Waals surface area contributed by atoms with E-state index in [4.69, 9.17) is 0 Å². The van der Waals surface area contributed by atoms with Crippen LogP contribution in [-0.4, -0.2) is 23.3 Å². The normalized spacial score (nSPS) is 10.9. The predicted octanol–water partition coefficient (Wildman–Crippen LogP) is 3.07. The minimum atomic E-state index is 0.634. The SMILES string of the molecule is CNc1nc(CCC(C)C)nc2ccc(C=O)cc12. The Morgan fingerprint density at radius 2 is 2.11 bits per heavy atom. The zero-order valence-electron chi connectivity index (χ0n) is 11.6. The minimum Gasteiger partial charge on any atom is -0.373 e. The molecule has 4 nitrogen and oxygen atoms in total. The van der Waals surface area contributed by atoms with E-state index in [0.29, 0.717) is 11.5 Å². The molecular formula is C15H19N3O. The molecule has 0 unspecified atom stereocenters. The van der Waals surface area contributed by atoms with Crippen LogP contribution in [0.4, 0.5) is 5.82 Å². The average Bonchev–Trinajstić information content (AvgIpc) is 2.43. The molecule has 2 aromatic rings. The summed E-state index contributed by atoms with van der Waals surface area (Å²) < 4.78 is 0. The van der Waals surface area contributed by atoms with Gasteiger partial charge in [0.05, 0.1) is 5.52 Å². The van der Waals surface area contributed by atoms with Crippen LogP contribution < -0.4 is 5.32 Å². The van der Waals surface area contributed by atoms with Crippen molar-refractivity contribution in [3.05, 3.63) is 29.6 Å². The molecule has 1 heterocycles. The van der Waals surface area contributed by atoms with E-state index in [1.165, 1.54) is 0 Å². The van der Waals surface area contributed by atoms with Gasteiger partial charge >= 0.3 is 0 Å². The summed E-state index contributed by atoms with van der Waals surface area (Å²) in [6.45, 7) is 4.38. The van der Waals surface area contributed by atoms with Crippen LogP contribution in [0.2, 0.25) is 0 Å². The highest BCUT2D eigenvalue weighted by Crippen LogP contribution is 2.21. The predicted molar refractivity (Wildman–Crippen MR) is 77.6 cm³/mol. The van der Waals surface area contributed by atoms with Crippen molar-refractivity contribution >= 4 is 23.0 Å². The van der Waals surface area contributed by atoms with Crippen molar-refractivity contribution in [3.8, 4) is 0 Å². The third-order valence-corrected chi connectivity index (χ3v) is 3.08. The molecule has 0 radical (unpaired) electrons. The molecule has 0 amide bonds. The third kappa shape index (κ3) is 3.08. The summed E-state index contributed by atoms with van der Waals surface area (Å²) >= 11 is 0. The van der Waals surface area contributed by atoms with Gasteiger partial charge in [0, 0.05) is 24.4 Å². The minimum absolute atomic E-state index is 0.634. The maximum atomic E-state index is 10.8. The molecule has 0 aliphatic heterocycles. The summed E-state index contributed by atoms with van der Waals surface area (Å²) in [5.74, 6) is 2.27. The smallest absolute Gasteiger partial charge is 0.150 e. The van der Waals surface area contributed by atoms with Gasteiger partial charge in [-0.2, -0.15) is 0 Å². The fourth-order valence-corrected chi connectivity index (χ4v) is 1.99. The number of nitrogens with zero attached hydrogens (tertiary/aromatic N) is 2. The van der Waals surface area contributed by atoms with Crippen molar-refractivity contribution in [3.63, 3.8) is 0 Å². The second-order valence-corrected chi connectivity index (χ2v) is 5.07. The van der Waals surface area contributed by atoms with Crippen molar-refractivity contribution in [2.45, 2.75) is 26.7 Å². The number of hydrogen-bond acceptors (Lipinski definition) is 4. The van der Waals surface area contributed by atoms with Crippen molar-refractivity contribution in [1.29, 1.82) is 0 Å². The van der Waals surface area contributed by atoms with E-state index in [9.17, 15) is 4.79 Å². The molecule has 2 rings (SSSR count). The van der Waals surface area contributed by atoms with Gasteiger partial charge in [-0.15, -0.1) is 0 Å². The van der Waals surface area contributed by atoms with Crippen molar-refractivity contribution in [2.75, 3.05) is 12.4 Å². The molecule has 0 atom stereocenters. The zero-order chi connectivity index (χ0) is 13.8. The van der Waals surface area contributed by atoms with Gasteiger partial charge in [0.1, 0.15) is 17.9 Å². The van der Waals surface area contributed by atoms with E-state index >= 15 is 0 Å². The topological polar surface area (TPSA) is 54.9 Å². The van der Waals surface area contributed by atoms with Crippen molar-refractivity contribution < 1.29 is 4.79 Å². The van der Waals surface area contributed by atoms with Crippen LogP contribution in [0, 0.1) is 5.92 Å². The number of nitrogens with one attached hydrogen (secondary N) is 1. The lowest BCUT2D eigenvalue weighted by molar-refractivity contribution is 0.112. The van der Waals surface area contributed by atoms with E-state index in [1.54, 1.807) is 6.07 Å². The van der Waals surface area contributed by atoms with E-state index < -0.39 is 0 Å². The molecule has 4 heteroatoms. The number of aldehydes is 1. The quantitative estimate of drug-likeness (QED) is 0.836. The molecule has 19 heavy (non-hydrogen) atoms. The molecule has 0 aliphatic rings. The highest BCUT2D eigenvalue weighted by Gasteiger charge is 2.08. The fourth-order valence-electron chi connectivity index (χ4n) is 1.99. The van der Waals surface area contributed by atoms with Gasteiger partial charge in [-0.25, -0.2) is 9.97 Å². The summed E-state index contributed by atoms with van der Waals surface area (Å²) in [5.41, 5.74) is 1.52. The van der Waals surface area contributed by atoms with Crippen molar-refractivity contribution in [1.82, 2.24) is 9.97 Å². The lowest BCUT2D eigenvalue weighted by Crippen LogP contribution is -2.03. The van der Waals surface area contributed by atoms with Gasteiger partial charge in [0.25, 0.3) is 0 Å². The van der Waals surface area contributed by atoms with Crippen LogP contribution in [0.5, 0.6) is 0 Å². The average molecular weight is 257 g/mol. The van der Waals surface area contributed by atoms with E-state index in [-0.39, 0.29) is 0 Å². The highest BCUT2D eigenvalue weighted by atomic mass is 16.1. The molecule has 0 aliphatic carbocycles. The number of carbonyl (C=O) groups is 1. The van der Waals surface area contributed by atoms with Gasteiger partial charge in [-0.05, 0) is 30.5 Å². The molecule has 1 N–H and O–H groups in total. The lowest BCUT2D eigenvalue weighted by atomic mass is 10.1. The molecule has 100 valence electrons. The molecule has 1 aromatic carbocycles. The van der Waals surface area contributed by atoms with E-state index in [0.717, 1.165) is 41.7 Å². The summed E-state index contributed by atoms with van der Waals surface area (Å²) in [5, 5.41) is 3.97. The van der Waals surface area contributed by atoms with Crippen LogP contribution in [-0.2, 0) is 6.42 Å². The van der Waals surface area contributed by atoms with E-state index in [1.807, 2.05) is 19.2 Å². The first-order valence-electron chi connectivity index (χ1n) is 6.57. The molecule has 0 saturated heterocycles. The number of benzene rings is 1. The first kappa shape index (κ1) is 13.5. The number of carbonyl (C=O) groups excluding carboxylic acids is 1. The molecule has 0 bridgehead atoms. The summed E-state index contributed by atoms with van der Waals surface area (Å²) in [6.07, 6.45) is 2.78. The Kier molecular flexibility index (Phi) is 4.10. The first-order valence-corrected chi connectivity index (χ1v) is 6.57. The standard InChI is InChI=1S/C15H19N3O/c1-10(2)4-7-14-17-13-6-5-11(9-19)8-12(13)15(16-3)18-14/h5-6,8-10H,4,7H2,1-3H3,(H,16,17,18). The Morgan fingerprint density at radius 1 is 1.32 bits per heavy atom. The number of hydrogen-bond donors (Lipinski definition) is 1. The van der Waals surface area contributed by atoms with Crippen LogP contribution in [0.25, 0.3) is 10.9 Å². The Balaban J connectivity index is 2.45. The lowest BCUT2D eigenvalue weighted by Gasteiger charge is -2.09. The third-order valence-electron chi connectivity index (χ3n) is 3.08. The number of aromatic nitrogens is 2. The van der Waals surface area contributed by atoms with Gasteiger partial charge in [-0.1, -0.05) is 13.8 Å². The molecule has 1 aromatic heterocycles. The summed E-state index contributed by atoms with van der Waals surface area (Å²) in [6, 6.07) is 5.48. The Morgan fingerprint density at radius 3 is 2.74 bits per heavy atom. The Hall–Kier alpha value is -1.97. The monoisotopic (exact) mass is 257 g/mol. The largest absolute Gasteiger partial charge is 0.373 e. The molecular weight excluding hydrogens is 238 g/mol. The number of aryl methyl sites for hydroxylation is 1. The van der Waals surface area contributed by atoms with Gasteiger partial charge < -0.3 is 5.32 Å². The molecule has 0 spiro atoms. The number of anilines is 1. The zero-order valence-corrected chi connectivity index (χ0v) is 11.6. The first-order chi connectivity index (χ1) is 9.13. The second kappa shape index (κ2) is 5.78. The molecule has 0 saturated carbocycles. The maximum Gasteiger partial charge on any atom is 0.150 e. The number of rotatable bonds is 5. The van der Waals surface area contributed by atoms with Crippen LogP contribution in [0.3, 0.4) is 0 Å².